The van der Waals surface area contributed by atoms with Gasteiger partial charge < -0.3 is 13.4 Å². The van der Waals surface area contributed by atoms with Crippen LogP contribution in [0.4, 0.5) is 0 Å². The smallest absolute Gasteiger partial charge is 0.159 e. The van der Waals surface area contributed by atoms with Crippen LogP contribution in [0.3, 0.4) is 0 Å². The molecule has 3 nitrogen and oxygen atoms in total. The molecule has 40 heavy (non-hydrogen) atoms. The quantitative estimate of drug-likeness (QED) is 0.230. The molecule has 0 fully saturated rings. The Morgan fingerprint density at radius 1 is 0.450 bits per heavy atom. The van der Waals surface area contributed by atoms with E-state index in [1.54, 1.807) is 0 Å². The molecule has 6 aromatic carbocycles. The van der Waals surface area contributed by atoms with Gasteiger partial charge in [0.15, 0.2) is 5.58 Å². The Hall–Kier alpha value is -5.28. The van der Waals surface area contributed by atoms with Gasteiger partial charge >= 0.3 is 0 Å². The molecule has 0 atom stereocenters. The average Bonchev–Trinajstić information content (AvgIpc) is 3.66. The van der Waals surface area contributed by atoms with Crippen LogP contribution < -0.4 is 0 Å². The molecular weight excluding hydrogens is 490 g/mol. The van der Waals surface area contributed by atoms with Crippen LogP contribution in [0.1, 0.15) is 5.56 Å². The molecule has 0 aliphatic carbocycles. The fraction of sp³-hybridized carbons (Fsp3) is 0.0270. The molecule has 0 amide bonds. The first-order valence-corrected chi connectivity index (χ1v) is 13.6. The molecule has 9 rings (SSSR count). The molecule has 0 aliphatic rings. The Morgan fingerprint density at radius 3 is 1.93 bits per heavy atom. The number of aromatic nitrogens is 1. The highest BCUT2D eigenvalue weighted by Crippen LogP contribution is 2.40. The molecular formula is C37H23NO2. The number of aryl methyl sites for hydroxylation is 1. The second kappa shape index (κ2) is 7.87. The maximum atomic E-state index is 6.46. The second-order valence-corrected chi connectivity index (χ2v) is 10.6. The van der Waals surface area contributed by atoms with E-state index in [1.165, 1.54) is 21.9 Å². The summed E-state index contributed by atoms with van der Waals surface area (Å²) in [7, 11) is 0. The number of nitrogens with zero attached hydrogens (tertiary/aromatic N) is 1. The minimum Gasteiger partial charge on any atom is -0.456 e. The lowest BCUT2D eigenvalue weighted by Crippen LogP contribution is -1.94. The molecule has 9 aromatic rings. The Bertz CT molecular complexity index is 2450. The van der Waals surface area contributed by atoms with Gasteiger partial charge in [-0.05, 0) is 72.6 Å². The third-order valence-electron chi connectivity index (χ3n) is 8.26. The number of furan rings is 2. The van der Waals surface area contributed by atoms with Gasteiger partial charge in [-0.15, -0.1) is 0 Å². The number of hydrogen-bond acceptors (Lipinski definition) is 2. The van der Waals surface area contributed by atoms with E-state index in [0.29, 0.717) is 0 Å². The van der Waals surface area contributed by atoms with Crippen molar-refractivity contribution in [3.63, 3.8) is 0 Å². The van der Waals surface area contributed by atoms with E-state index in [9.17, 15) is 0 Å². The molecule has 3 heteroatoms. The Labute approximate surface area is 229 Å². The van der Waals surface area contributed by atoms with Crippen LogP contribution in [0.5, 0.6) is 0 Å². The molecule has 188 valence electrons. The van der Waals surface area contributed by atoms with Gasteiger partial charge in [-0.1, -0.05) is 72.3 Å². The fourth-order valence-electron chi connectivity index (χ4n) is 6.39. The van der Waals surface area contributed by atoms with Gasteiger partial charge in [-0.3, -0.25) is 0 Å². The molecule has 3 aromatic heterocycles. The van der Waals surface area contributed by atoms with E-state index < -0.39 is 0 Å². The van der Waals surface area contributed by atoms with Crippen molar-refractivity contribution in [3.8, 4) is 16.8 Å². The number of rotatable bonds is 2. The number of benzene rings is 6. The maximum absolute atomic E-state index is 6.46. The summed E-state index contributed by atoms with van der Waals surface area (Å²) in [6.45, 7) is 2.15. The highest BCUT2D eigenvalue weighted by molar-refractivity contribution is 6.14. The van der Waals surface area contributed by atoms with Gasteiger partial charge in [-0.25, -0.2) is 0 Å². The summed E-state index contributed by atoms with van der Waals surface area (Å²) in [6, 6.07) is 42.9. The fourth-order valence-corrected chi connectivity index (χ4v) is 6.39. The lowest BCUT2D eigenvalue weighted by Gasteiger charge is -2.09. The highest BCUT2D eigenvalue weighted by atomic mass is 16.3. The topological polar surface area (TPSA) is 31.2 Å². The molecule has 0 aliphatic heterocycles. The monoisotopic (exact) mass is 513 g/mol. The SMILES string of the molecule is Cc1ccc2c(c1)c1cc(-c3ccc4c(c3)oc3ccccc34)ccc1n2-c1cccc2c1oc1ccccc12. The largest absolute Gasteiger partial charge is 0.456 e. The van der Waals surface area contributed by atoms with Crippen molar-refractivity contribution in [1.29, 1.82) is 0 Å². The highest BCUT2D eigenvalue weighted by Gasteiger charge is 2.18. The predicted octanol–water partition coefficient (Wildman–Crippen LogP) is 10.6. The van der Waals surface area contributed by atoms with Crippen molar-refractivity contribution in [1.82, 2.24) is 4.57 Å². The summed E-state index contributed by atoms with van der Waals surface area (Å²) in [5.74, 6) is 0. The molecule has 0 saturated heterocycles. The first-order valence-electron chi connectivity index (χ1n) is 13.6. The summed E-state index contributed by atoms with van der Waals surface area (Å²) in [5.41, 5.74) is 10.6. The van der Waals surface area contributed by atoms with Crippen LogP contribution in [-0.2, 0) is 0 Å². The Morgan fingerprint density at radius 2 is 1.07 bits per heavy atom. The summed E-state index contributed by atoms with van der Waals surface area (Å²) in [6.07, 6.45) is 0. The zero-order valence-electron chi connectivity index (χ0n) is 21.8. The summed E-state index contributed by atoms with van der Waals surface area (Å²) in [5, 5.41) is 7.01. The van der Waals surface area contributed by atoms with Crippen LogP contribution >= 0.6 is 0 Å². The third kappa shape index (κ3) is 2.95. The molecule has 0 bridgehead atoms. The van der Waals surface area contributed by atoms with Gasteiger partial charge in [0.1, 0.15) is 16.7 Å². The zero-order chi connectivity index (χ0) is 26.4. The van der Waals surface area contributed by atoms with Crippen molar-refractivity contribution in [2.75, 3.05) is 0 Å². The van der Waals surface area contributed by atoms with E-state index >= 15 is 0 Å². The molecule has 0 spiro atoms. The molecule has 3 heterocycles. The van der Waals surface area contributed by atoms with Crippen LogP contribution in [0.25, 0.3) is 82.5 Å². The Kier molecular flexibility index (Phi) is 4.26. The molecule has 0 N–H and O–H groups in total. The van der Waals surface area contributed by atoms with Gasteiger partial charge in [0.25, 0.3) is 0 Å². The second-order valence-electron chi connectivity index (χ2n) is 10.6. The standard InChI is InChI=1S/C37H23NO2/c1-22-13-17-31-29(19-22)30-20-23(24-14-16-27-25-7-2-4-11-34(25)39-36(27)21-24)15-18-32(30)38(31)33-10-6-9-28-26-8-3-5-12-35(26)40-37(28)33/h2-21H,1H3. The summed E-state index contributed by atoms with van der Waals surface area (Å²) in [4.78, 5) is 0. The third-order valence-corrected chi connectivity index (χ3v) is 8.26. The van der Waals surface area contributed by atoms with Crippen LogP contribution in [0.2, 0.25) is 0 Å². The maximum Gasteiger partial charge on any atom is 0.159 e. The van der Waals surface area contributed by atoms with E-state index in [4.69, 9.17) is 8.83 Å². The van der Waals surface area contributed by atoms with Gasteiger partial charge in [0.05, 0.1) is 16.7 Å². The lowest BCUT2D eigenvalue weighted by atomic mass is 10.0. The van der Waals surface area contributed by atoms with Gasteiger partial charge in [0.2, 0.25) is 0 Å². The van der Waals surface area contributed by atoms with Crippen LogP contribution in [0.15, 0.2) is 130 Å². The van der Waals surface area contributed by atoms with Crippen molar-refractivity contribution in [2.24, 2.45) is 0 Å². The minimum atomic E-state index is 0.905. The normalized spacial score (nSPS) is 12.1. The number of hydrogen-bond donors (Lipinski definition) is 0. The van der Waals surface area contributed by atoms with Gasteiger partial charge in [0, 0.05) is 32.3 Å². The lowest BCUT2D eigenvalue weighted by molar-refractivity contribution is 0.666. The van der Waals surface area contributed by atoms with E-state index in [-0.39, 0.29) is 0 Å². The molecule has 0 unspecified atom stereocenters. The summed E-state index contributed by atoms with van der Waals surface area (Å²) < 4.78 is 15.0. The van der Waals surface area contributed by atoms with Crippen molar-refractivity contribution < 1.29 is 8.83 Å². The van der Waals surface area contributed by atoms with Crippen molar-refractivity contribution >= 4 is 65.7 Å². The predicted molar refractivity (Wildman–Crippen MR) is 166 cm³/mol. The van der Waals surface area contributed by atoms with E-state index in [1.807, 2.05) is 24.3 Å². The molecule has 0 radical (unpaired) electrons. The number of para-hydroxylation sites is 3. The van der Waals surface area contributed by atoms with Gasteiger partial charge in [-0.2, -0.15) is 0 Å². The van der Waals surface area contributed by atoms with Crippen LogP contribution in [0, 0.1) is 6.92 Å². The van der Waals surface area contributed by atoms with E-state index in [2.05, 4.69) is 109 Å². The molecule has 0 saturated carbocycles. The van der Waals surface area contributed by atoms with E-state index in [0.717, 1.165) is 66.2 Å². The zero-order valence-corrected chi connectivity index (χ0v) is 21.8. The van der Waals surface area contributed by atoms with Crippen molar-refractivity contribution in [2.45, 2.75) is 6.92 Å². The average molecular weight is 514 g/mol. The number of fused-ring (bicyclic) bond motifs is 9. The Balaban J connectivity index is 1.31. The first-order chi connectivity index (χ1) is 19.7. The summed E-state index contributed by atoms with van der Waals surface area (Å²) >= 11 is 0. The minimum absolute atomic E-state index is 0.905. The van der Waals surface area contributed by atoms with Crippen LogP contribution in [-0.4, -0.2) is 4.57 Å². The first kappa shape index (κ1) is 21.6. The van der Waals surface area contributed by atoms with Crippen molar-refractivity contribution in [3.05, 3.63) is 127 Å².